The number of carbonyl (C=O) groups excluding carboxylic acids is 2. The van der Waals surface area contributed by atoms with E-state index >= 15 is 0 Å². The van der Waals surface area contributed by atoms with Crippen molar-refractivity contribution in [3.63, 3.8) is 0 Å². The van der Waals surface area contributed by atoms with Gasteiger partial charge in [0.2, 0.25) is 5.91 Å². The van der Waals surface area contributed by atoms with Crippen LogP contribution in [0.4, 0.5) is 0 Å². The summed E-state index contributed by atoms with van der Waals surface area (Å²) in [7, 11) is 0. The van der Waals surface area contributed by atoms with Gasteiger partial charge in [-0.2, -0.15) is 0 Å². The maximum atomic E-state index is 12.7. The number of carbonyl (C=O) groups is 2. The number of nitrogens with one attached hydrogen (secondary N) is 1. The minimum atomic E-state index is -0.470. The summed E-state index contributed by atoms with van der Waals surface area (Å²) >= 11 is 0. The molecule has 0 spiro atoms. The number of amides is 2. The number of likely N-dealkylation sites (tertiary alicyclic amines) is 1. The van der Waals surface area contributed by atoms with Crippen LogP contribution in [0.1, 0.15) is 35.4 Å². The van der Waals surface area contributed by atoms with Crippen LogP contribution in [0.2, 0.25) is 0 Å². The normalized spacial score (nSPS) is 24.9. The molecule has 26 heavy (non-hydrogen) atoms. The van der Waals surface area contributed by atoms with Gasteiger partial charge in [-0.25, -0.2) is 0 Å². The van der Waals surface area contributed by atoms with Crippen molar-refractivity contribution in [2.75, 3.05) is 6.54 Å². The predicted octanol–water partition coefficient (Wildman–Crippen LogP) is 1.75. The van der Waals surface area contributed by atoms with Crippen LogP contribution in [0.25, 0.3) is 0 Å². The largest absolute Gasteiger partial charge is 0.467 e. The van der Waals surface area contributed by atoms with Crippen LogP contribution in [-0.4, -0.2) is 46.5 Å². The van der Waals surface area contributed by atoms with Crippen molar-refractivity contribution < 1.29 is 18.7 Å². The molecule has 136 valence electrons. The van der Waals surface area contributed by atoms with Gasteiger partial charge in [0.25, 0.3) is 5.91 Å². The molecule has 3 atom stereocenters. The first-order valence-electron chi connectivity index (χ1n) is 8.89. The lowest BCUT2D eigenvalue weighted by Crippen LogP contribution is -2.48. The number of aromatic nitrogens is 1. The molecule has 7 heteroatoms. The van der Waals surface area contributed by atoms with Gasteiger partial charge >= 0.3 is 0 Å². The molecule has 0 bridgehead atoms. The summed E-state index contributed by atoms with van der Waals surface area (Å²) in [5.41, 5.74) is 0.638. The first-order chi connectivity index (χ1) is 12.7. The van der Waals surface area contributed by atoms with Gasteiger partial charge in [-0.05, 0) is 43.5 Å². The summed E-state index contributed by atoms with van der Waals surface area (Å²) < 4.78 is 11.2. The molecule has 0 aliphatic carbocycles. The molecule has 2 amide bonds. The highest BCUT2D eigenvalue weighted by Crippen LogP contribution is 2.32. The zero-order valence-corrected chi connectivity index (χ0v) is 14.3. The van der Waals surface area contributed by atoms with E-state index in [0.717, 1.165) is 12.8 Å². The van der Waals surface area contributed by atoms with Gasteiger partial charge in [-0.1, -0.05) is 0 Å². The van der Waals surface area contributed by atoms with Crippen molar-refractivity contribution in [2.45, 2.75) is 44.1 Å². The van der Waals surface area contributed by atoms with Gasteiger partial charge in [0.05, 0.1) is 25.0 Å². The van der Waals surface area contributed by atoms with E-state index in [-0.39, 0.29) is 24.0 Å². The fourth-order valence-electron chi connectivity index (χ4n) is 3.73. The lowest BCUT2D eigenvalue weighted by atomic mass is 9.98. The Kier molecular flexibility index (Phi) is 4.71. The third kappa shape index (κ3) is 3.35. The van der Waals surface area contributed by atoms with Crippen molar-refractivity contribution in [3.8, 4) is 0 Å². The monoisotopic (exact) mass is 355 g/mol. The average Bonchev–Trinajstić information content (AvgIpc) is 3.35. The Balaban J connectivity index is 1.34. The Bertz CT molecular complexity index is 762. The first kappa shape index (κ1) is 16.8. The SMILES string of the molecule is O=C(NCc1ccco1)[C@@H]1CC[C@H]2[C@H](CCN2C(=O)c2ccncc2)O1. The molecule has 2 saturated heterocycles. The average molecular weight is 355 g/mol. The van der Waals surface area contributed by atoms with Crippen LogP contribution in [0.5, 0.6) is 0 Å². The van der Waals surface area contributed by atoms with E-state index < -0.39 is 6.10 Å². The smallest absolute Gasteiger partial charge is 0.254 e. The number of nitrogens with zero attached hydrogens (tertiary/aromatic N) is 2. The minimum absolute atomic E-state index is 0.00391. The summed E-state index contributed by atoms with van der Waals surface area (Å²) in [4.78, 5) is 30.9. The maximum Gasteiger partial charge on any atom is 0.254 e. The van der Waals surface area contributed by atoms with Crippen LogP contribution >= 0.6 is 0 Å². The Morgan fingerprint density at radius 1 is 1.19 bits per heavy atom. The fourth-order valence-corrected chi connectivity index (χ4v) is 3.73. The molecule has 1 N–H and O–H groups in total. The number of fused-ring (bicyclic) bond motifs is 1. The van der Waals surface area contributed by atoms with Crippen molar-refractivity contribution in [1.82, 2.24) is 15.2 Å². The molecule has 2 aromatic rings. The molecular formula is C19H21N3O4. The molecule has 4 rings (SSSR count). The Hall–Kier alpha value is -2.67. The van der Waals surface area contributed by atoms with Crippen LogP contribution in [0.3, 0.4) is 0 Å². The summed E-state index contributed by atoms with van der Waals surface area (Å²) in [6.07, 6.45) is 6.39. The predicted molar refractivity (Wildman–Crippen MR) is 92.1 cm³/mol. The number of furan rings is 1. The Morgan fingerprint density at radius 2 is 2.04 bits per heavy atom. The van der Waals surface area contributed by atoms with Crippen molar-refractivity contribution in [2.24, 2.45) is 0 Å². The van der Waals surface area contributed by atoms with E-state index in [1.807, 2.05) is 11.0 Å². The van der Waals surface area contributed by atoms with Gasteiger partial charge in [0, 0.05) is 24.5 Å². The van der Waals surface area contributed by atoms with E-state index in [4.69, 9.17) is 9.15 Å². The highest BCUT2D eigenvalue weighted by Gasteiger charge is 2.43. The highest BCUT2D eigenvalue weighted by molar-refractivity contribution is 5.94. The second kappa shape index (κ2) is 7.29. The lowest BCUT2D eigenvalue weighted by Gasteiger charge is -2.35. The van der Waals surface area contributed by atoms with Gasteiger partial charge in [0.15, 0.2) is 0 Å². The van der Waals surface area contributed by atoms with E-state index in [1.54, 1.807) is 36.9 Å². The molecule has 0 radical (unpaired) electrons. The van der Waals surface area contributed by atoms with Crippen LogP contribution in [0, 0.1) is 0 Å². The van der Waals surface area contributed by atoms with E-state index in [9.17, 15) is 9.59 Å². The molecule has 7 nitrogen and oxygen atoms in total. The molecule has 0 unspecified atom stereocenters. The second-order valence-electron chi connectivity index (χ2n) is 6.63. The fraction of sp³-hybridized carbons (Fsp3) is 0.421. The number of ether oxygens (including phenoxy) is 1. The first-order valence-corrected chi connectivity index (χ1v) is 8.89. The topological polar surface area (TPSA) is 84.7 Å². The van der Waals surface area contributed by atoms with Crippen molar-refractivity contribution in [3.05, 3.63) is 54.2 Å². The standard InChI is InChI=1S/C19H21N3O4/c23-18(21-12-14-2-1-11-25-14)17-4-3-15-16(26-17)7-10-22(15)19(24)13-5-8-20-9-6-13/h1-2,5-6,8-9,11,15-17H,3-4,7,10,12H2,(H,21,23)/t15-,16-,17-/m0/s1. The zero-order chi connectivity index (χ0) is 17.9. The maximum absolute atomic E-state index is 12.7. The number of hydrogen-bond donors (Lipinski definition) is 1. The molecular weight excluding hydrogens is 334 g/mol. The number of hydrogen-bond acceptors (Lipinski definition) is 5. The molecule has 4 heterocycles. The lowest BCUT2D eigenvalue weighted by molar-refractivity contribution is -0.143. The quantitative estimate of drug-likeness (QED) is 0.903. The van der Waals surface area contributed by atoms with E-state index in [1.165, 1.54) is 0 Å². The molecule has 2 aliphatic heterocycles. The van der Waals surface area contributed by atoms with E-state index in [0.29, 0.717) is 30.8 Å². The van der Waals surface area contributed by atoms with Gasteiger partial charge < -0.3 is 19.4 Å². The van der Waals surface area contributed by atoms with Crippen molar-refractivity contribution >= 4 is 11.8 Å². The molecule has 2 aromatic heterocycles. The molecule has 0 saturated carbocycles. The van der Waals surface area contributed by atoms with E-state index in [2.05, 4.69) is 10.3 Å². The van der Waals surface area contributed by atoms with Crippen LogP contribution < -0.4 is 5.32 Å². The third-order valence-electron chi connectivity index (χ3n) is 5.05. The molecule has 2 aliphatic rings. The summed E-state index contributed by atoms with van der Waals surface area (Å²) in [5.74, 6) is 0.588. The summed E-state index contributed by atoms with van der Waals surface area (Å²) in [6, 6.07) is 7.09. The molecule has 0 aromatic carbocycles. The second-order valence-corrected chi connectivity index (χ2v) is 6.63. The van der Waals surface area contributed by atoms with Gasteiger partial charge in [-0.15, -0.1) is 0 Å². The zero-order valence-electron chi connectivity index (χ0n) is 14.3. The van der Waals surface area contributed by atoms with Crippen LogP contribution in [0.15, 0.2) is 47.3 Å². The molecule has 2 fully saturated rings. The van der Waals surface area contributed by atoms with Gasteiger partial charge in [0.1, 0.15) is 11.9 Å². The number of pyridine rings is 1. The van der Waals surface area contributed by atoms with Crippen LogP contribution in [-0.2, 0) is 16.1 Å². The minimum Gasteiger partial charge on any atom is -0.467 e. The van der Waals surface area contributed by atoms with Gasteiger partial charge in [-0.3, -0.25) is 14.6 Å². The van der Waals surface area contributed by atoms with Crippen molar-refractivity contribution in [1.29, 1.82) is 0 Å². The summed E-state index contributed by atoms with van der Waals surface area (Å²) in [5, 5.41) is 2.85. The number of rotatable bonds is 4. The Labute approximate surface area is 151 Å². The highest BCUT2D eigenvalue weighted by atomic mass is 16.5. The third-order valence-corrected chi connectivity index (χ3v) is 5.05. The summed E-state index contributed by atoms with van der Waals surface area (Å²) in [6.45, 7) is 1.00. The Morgan fingerprint density at radius 3 is 2.81 bits per heavy atom.